The Morgan fingerprint density at radius 3 is 2.20 bits per heavy atom. The molecular formula is C24H26N2O3S. The molecule has 0 aromatic heterocycles. The lowest BCUT2D eigenvalue weighted by molar-refractivity contribution is 0.102. The van der Waals surface area contributed by atoms with E-state index in [0.717, 1.165) is 17.5 Å². The minimum absolute atomic E-state index is 0.0809. The van der Waals surface area contributed by atoms with Crippen molar-refractivity contribution in [3.63, 3.8) is 0 Å². The highest BCUT2D eigenvalue weighted by Gasteiger charge is 2.20. The predicted octanol–water partition coefficient (Wildman–Crippen LogP) is 5.23. The number of benzene rings is 3. The summed E-state index contributed by atoms with van der Waals surface area (Å²) >= 11 is 0. The number of anilines is 2. The maximum Gasteiger partial charge on any atom is 0.262 e. The van der Waals surface area contributed by atoms with E-state index in [9.17, 15) is 13.2 Å². The van der Waals surface area contributed by atoms with Crippen LogP contribution >= 0.6 is 0 Å². The molecule has 0 aliphatic rings. The topological polar surface area (TPSA) is 75.3 Å². The second-order valence-electron chi connectivity index (χ2n) is 7.41. The fourth-order valence-corrected chi connectivity index (χ4v) is 4.50. The summed E-state index contributed by atoms with van der Waals surface area (Å²) in [5, 5.41) is 2.82. The third kappa shape index (κ3) is 4.89. The van der Waals surface area contributed by atoms with Crippen molar-refractivity contribution in [1.82, 2.24) is 0 Å². The third-order valence-corrected chi connectivity index (χ3v) is 6.50. The highest BCUT2D eigenvalue weighted by atomic mass is 32.2. The van der Waals surface area contributed by atoms with E-state index in [1.54, 1.807) is 25.1 Å². The van der Waals surface area contributed by atoms with Gasteiger partial charge >= 0.3 is 0 Å². The number of rotatable bonds is 6. The van der Waals surface area contributed by atoms with Gasteiger partial charge in [0.1, 0.15) is 0 Å². The Morgan fingerprint density at radius 2 is 1.53 bits per heavy atom. The minimum Gasteiger partial charge on any atom is -0.322 e. The average molecular weight is 423 g/mol. The Bertz CT molecular complexity index is 1180. The quantitative estimate of drug-likeness (QED) is 0.571. The summed E-state index contributed by atoms with van der Waals surface area (Å²) in [6, 6.07) is 17.9. The molecule has 0 saturated heterocycles. The Balaban J connectivity index is 1.88. The van der Waals surface area contributed by atoms with Crippen molar-refractivity contribution in [3.05, 3.63) is 88.5 Å². The summed E-state index contributed by atoms with van der Waals surface area (Å²) in [4.78, 5) is 12.8. The molecule has 2 N–H and O–H groups in total. The van der Waals surface area contributed by atoms with Crippen LogP contribution in [-0.2, 0) is 16.4 Å². The molecule has 0 atom stereocenters. The highest BCUT2D eigenvalue weighted by Crippen LogP contribution is 2.24. The van der Waals surface area contributed by atoms with Gasteiger partial charge in [0, 0.05) is 11.3 Å². The van der Waals surface area contributed by atoms with Crippen LogP contribution in [0.2, 0.25) is 0 Å². The first kappa shape index (κ1) is 21.6. The molecule has 5 nitrogen and oxygen atoms in total. The number of aryl methyl sites for hydroxylation is 4. The van der Waals surface area contributed by atoms with Crippen LogP contribution in [0.4, 0.5) is 11.4 Å². The normalized spacial score (nSPS) is 11.2. The SMILES string of the molecule is CCc1ccc(NC(=O)c2ccc(C)c(S(=O)(=O)Nc3cc(C)ccc3C)c2)cc1. The Kier molecular flexibility index (Phi) is 6.27. The zero-order valence-corrected chi connectivity index (χ0v) is 18.4. The summed E-state index contributed by atoms with van der Waals surface area (Å²) < 4.78 is 28.7. The van der Waals surface area contributed by atoms with Crippen molar-refractivity contribution in [3.8, 4) is 0 Å². The van der Waals surface area contributed by atoms with Gasteiger partial charge in [-0.3, -0.25) is 9.52 Å². The van der Waals surface area contributed by atoms with Gasteiger partial charge in [-0.05, 0) is 79.8 Å². The first-order chi connectivity index (χ1) is 14.2. The number of sulfonamides is 1. The van der Waals surface area contributed by atoms with E-state index in [2.05, 4.69) is 17.0 Å². The lowest BCUT2D eigenvalue weighted by Gasteiger charge is -2.14. The van der Waals surface area contributed by atoms with Gasteiger partial charge in [0.25, 0.3) is 15.9 Å². The van der Waals surface area contributed by atoms with Crippen molar-refractivity contribution < 1.29 is 13.2 Å². The van der Waals surface area contributed by atoms with Crippen molar-refractivity contribution in [1.29, 1.82) is 0 Å². The molecule has 0 radical (unpaired) electrons. The smallest absolute Gasteiger partial charge is 0.262 e. The molecule has 6 heteroatoms. The zero-order valence-electron chi connectivity index (χ0n) is 17.6. The Labute approximate surface area is 178 Å². The van der Waals surface area contributed by atoms with Crippen LogP contribution in [0.1, 0.15) is 39.5 Å². The standard InChI is InChI=1S/C24H26N2O3S/c1-5-19-9-12-21(13-10-19)25-24(27)20-11-8-18(4)23(15-20)30(28,29)26-22-14-16(2)6-7-17(22)3/h6-15,26H,5H2,1-4H3,(H,25,27). The molecule has 1 amide bonds. The first-order valence-electron chi connectivity index (χ1n) is 9.80. The largest absolute Gasteiger partial charge is 0.322 e. The molecule has 0 fully saturated rings. The van der Waals surface area contributed by atoms with Gasteiger partial charge in [-0.25, -0.2) is 8.42 Å². The van der Waals surface area contributed by atoms with Crippen LogP contribution in [0, 0.1) is 20.8 Å². The first-order valence-corrected chi connectivity index (χ1v) is 11.3. The van der Waals surface area contributed by atoms with E-state index in [1.807, 2.05) is 50.2 Å². The van der Waals surface area contributed by atoms with E-state index < -0.39 is 10.0 Å². The molecule has 3 aromatic rings. The van der Waals surface area contributed by atoms with Gasteiger partial charge in [0.05, 0.1) is 10.6 Å². The van der Waals surface area contributed by atoms with Gasteiger partial charge in [0.15, 0.2) is 0 Å². The van der Waals surface area contributed by atoms with Crippen LogP contribution in [0.5, 0.6) is 0 Å². The maximum absolute atomic E-state index is 13.0. The van der Waals surface area contributed by atoms with E-state index in [0.29, 0.717) is 16.9 Å². The lowest BCUT2D eigenvalue weighted by Crippen LogP contribution is -2.17. The predicted molar refractivity (Wildman–Crippen MR) is 122 cm³/mol. The molecule has 0 aliphatic heterocycles. The van der Waals surface area contributed by atoms with E-state index in [-0.39, 0.29) is 16.4 Å². The van der Waals surface area contributed by atoms with Gasteiger partial charge < -0.3 is 5.32 Å². The molecular weight excluding hydrogens is 396 g/mol. The molecule has 0 bridgehead atoms. The monoisotopic (exact) mass is 422 g/mol. The number of hydrogen-bond acceptors (Lipinski definition) is 3. The molecule has 0 heterocycles. The lowest BCUT2D eigenvalue weighted by atomic mass is 10.1. The summed E-state index contributed by atoms with van der Waals surface area (Å²) in [5.74, 6) is -0.359. The number of carbonyl (C=O) groups excluding carboxylic acids is 1. The molecule has 0 spiro atoms. The second kappa shape index (κ2) is 8.71. The van der Waals surface area contributed by atoms with Crippen LogP contribution < -0.4 is 10.0 Å². The molecule has 0 saturated carbocycles. The third-order valence-electron chi connectivity index (χ3n) is 5.00. The van der Waals surface area contributed by atoms with Gasteiger partial charge in [-0.1, -0.05) is 37.3 Å². The van der Waals surface area contributed by atoms with Crippen molar-refractivity contribution in [2.45, 2.75) is 39.0 Å². The summed E-state index contributed by atoms with van der Waals surface area (Å²) in [7, 11) is -3.85. The zero-order chi connectivity index (χ0) is 21.9. The van der Waals surface area contributed by atoms with E-state index in [1.165, 1.54) is 11.6 Å². The molecule has 0 unspecified atom stereocenters. The average Bonchev–Trinajstić information content (AvgIpc) is 2.71. The van der Waals surface area contributed by atoms with Crippen molar-refractivity contribution in [2.75, 3.05) is 10.0 Å². The van der Waals surface area contributed by atoms with Gasteiger partial charge in [0.2, 0.25) is 0 Å². The fourth-order valence-electron chi connectivity index (χ4n) is 3.10. The summed E-state index contributed by atoms with van der Waals surface area (Å²) in [6.07, 6.45) is 0.917. The number of nitrogens with one attached hydrogen (secondary N) is 2. The summed E-state index contributed by atoms with van der Waals surface area (Å²) in [5.41, 5.74) is 4.99. The van der Waals surface area contributed by atoms with Gasteiger partial charge in [-0.2, -0.15) is 0 Å². The highest BCUT2D eigenvalue weighted by molar-refractivity contribution is 7.92. The maximum atomic E-state index is 13.0. The number of hydrogen-bond donors (Lipinski definition) is 2. The minimum atomic E-state index is -3.85. The van der Waals surface area contributed by atoms with Crippen LogP contribution in [0.3, 0.4) is 0 Å². The summed E-state index contributed by atoms with van der Waals surface area (Å²) in [6.45, 7) is 7.52. The molecule has 30 heavy (non-hydrogen) atoms. The fraction of sp³-hybridized carbons (Fsp3) is 0.208. The second-order valence-corrected chi connectivity index (χ2v) is 9.06. The van der Waals surface area contributed by atoms with Crippen LogP contribution in [-0.4, -0.2) is 14.3 Å². The Morgan fingerprint density at radius 1 is 0.867 bits per heavy atom. The van der Waals surface area contributed by atoms with Crippen molar-refractivity contribution in [2.24, 2.45) is 0 Å². The number of carbonyl (C=O) groups is 1. The molecule has 3 aromatic carbocycles. The molecule has 0 aliphatic carbocycles. The molecule has 156 valence electrons. The molecule has 3 rings (SSSR count). The van der Waals surface area contributed by atoms with Crippen LogP contribution in [0.15, 0.2) is 65.6 Å². The van der Waals surface area contributed by atoms with Crippen LogP contribution in [0.25, 0.3) is 0 Å². The van der Waals surface area contributed by atoms with E-state index in [4.69, 9.17) is 0 Å². The Hall–Kier alpha value is -3.12. The van der Waals surface area contributed by atoms with Gasteiger partial charge in [-0.15, -0.1) is 0 Å². The number of amides is 1. The van der Waals surface area contributed by atoms with Crippen molar-refractivity contribution >= 4 is 27.3 Å². The van der Waals surface area contributed by atoms with E-state index >= 15 is 0 Å².